The van der Waals surface area contributed by atoms with Crippen molar-refractivity contribution < 1.29 is 4.79 Å². The SMILES string of the molecule is CCC1NN=C(NC(=O)c2ccccc2Br)S1. The molecule has 0 saturated heterocycles. The van der Waals surface area contributed by atoms with Crippen molar-refractivity contribution >= 4 is 38.8 Å². The predicted octanol–water partition coefficient (Wildman–Crippen LogP) is 2.52. The Hall–Kier alpha value is -1.01. The molecular weight excluding hydrogens is 302 g/mol. The normalized spacial score (nSPS) is 18.5. The fourth-order valence-electron chi connectivity index (χ4n) is 1.36. The molecule has 1 aliphatic rings. The van der Waals surface area contributed by atoms with Gasteiger partial charge in [0.1, 0.15) is 0 Å². The van der Waals surface area contributed by atoms with Crippen LogP contribution in [0.1, 0.15) is 23.7 Å². The number of halogens is 1. The smallest absolute Gasteiger partial charge is 0.258 e. The zero-order valence-electron chi connectivity index (χ0n) is 9.24. The van der Waals surface area contributed by atoms with Crippen LogP contribution in [0.4, 0.5) is 0 Å². The van der Waals surface area contributed by atoms with E-state index in [0.29, 0.717) is 10.7 Å². The summed E-state index contributed by atoms with van der Waals surface area (Å²) in [6.45, 7) is 2.07. The first-order valence-electron chi connectivity index (χ1n) is 5.26. The van der Waals surface area contributed by atoms with Crippen LogP contribution in [0, 0.1) is 0 Å². The molecule has 0 bridgehead atoms. The van der Waals surface area contributed by atoms with E-state index < -0.39 is 0 Å². The highest BCUT2D eigenvalue weighted by Crippen LogP contribution is 2.20. The summed E-state index contributed by atoms with van der Waals surface area (Å²) in [6.07, 6.45) is 0.961. The van der Waals surface area contributed by atoms with Crippen LogP contribution in [0.15, 0.2) is 33.8 Å². The second-order valence-electron chi connectivity index (χ2n) is 3.49. The van der Waals surface area contributed by atoms with E-state index >= 15 is 0 Å². The number of benzene rings is 1. The number of hydrogen-bond donors (Lipinski definition) is 2. The van der Waals surface area contributed by atoms with Gasteiger partial charge in [-0.1, -0.05) is 30.8 Å². The van der Waals surface area contributed by atoms with Gasteiger partial charge in [-0.05, 0) is 34.5 Å². The van der Waals surface area contributed by atoms with Gasteiger partial charge in [0.05, 0.1) is 10.9 Å². The van der Waals surface area contributed by atoms with Crippen LogP contribution < -0.4 is 10.7 Å². The Labute approximate surface area is 112 Å². The van der Waals surface area contributed by atoms with Crippen LogP contribution in [0.25, 0.3) is 0 Å². The summed E-state index contributed by atoms with van der Waals surface area (Å²) >= 11 is 4.88. The second kappa shape index (κ2) is 5.55. The molecule has 0 spiro atoms. The van der Waals surface area contributed by atoms with Crippen molar-refractivity contribution in [1.29, 1.82) is 0 Å². The molecule has 17 heavy (non-hydrogen) atoms. The van der Waals surface area contributed by atoms with Crippen molar-refractivity contribution in [2.24, 2.45) is 5.10 Å². The second-order valence-corrected chi connectivity index (χ2v) is 5.54. The van der Waals surface area contributed by atoms with E-state index in [2.05, 4.69) is 38.7 Å². The zero-order valence-corrected chi connectivity index (χ0v) is 11.6. The molecule has 0 aromatic heterocycles. The molecule has 1 aliphatic heterocycles. The maximum atomic E-state index is 12.0. The number of thioether (sulfide) groups is 1. The van der Waals surface area contributed by atoms with Crippen LogP contribution in [-0.2, 0) is 0 Å². The Balaban J connectivity index is 2.01. The van der Waals surface area contributed by atoms with E-state index in [1.165, 1.54) is 11.8 Å². The number of rotatable bonds is 2. The average Bonchev–Trinajstić information content (AvgIpc) is 2.77. The van der Waals surface area contributed by atoms with E-state index in [1.807, 2.05) is 18.2 Å². The molecular formula is C11H12BrN3OS. The van der Waals surface area contributed by atoms with Gasteiger partial charge in [0.15, 0.2) is 5.17 Å². The van der Waals surface area contributed by atoms with Crippen LogP contribution >= 0.6 is 27.7 Å². The molecule has 0 aliphatic carbocycles. The summed E-state index contributed by atoms with van der Waals surface area (Å²) < 4.78 is 0.779. The first-order valence-corrected chi connectivity index (χ1v) is 6.93. The van der Waals surface area contributed by atoms with Crippen molar-refractivity contribution in [2.45, 2.75) is 18.7 Å². The van der Waals surface area contributed by atoms with Gasteiger partial charge in [0, 0.05) is 4.47 Å². The van der Waals surface area contributed by atoms with Crippen molar-refractivity contribution in [3.05, 3.63) is 34.3 Å². The molecule has 1 unspecified atom stereocenters. The molecule has 2 N–H and O–H groups in total. The largest absolute Gasteiger partial charge is 0.300 e. The number of hydrazone groups is 1. The lowest BCUT2D eigenvalue weighted by molar-refractivity contribution is 0.0977. The summed E-state index contributed by atoms with van der Waals surface area (Å²) in [4.78, 5) is 12.0. The molecule has 6 heteroatoms. The molecule has 4 nitrogen and oxygen atoms in total. The molecule has 0 radical (unpaired) electrons. The van der Waals surface area contributed by atoms with Crippen molar-refractivity contribution in [2.75, 3.05) is 0 Å². The predicted molar refractivity (Wildman–Crippen MR) is 73.8 cm³/mol. The fourth-order valence-corrected chi connectivity index (χ4v) is 2.62. The molecule has 90 valence electrons. The zero-order chi connectivity index (χ0) is 12.3. The Morgan fingerprint density at radius 1 is 1.59 bits per heavy atom. The topological polar surface area (TPSA) is 53.5 Å². The maximum Gasteiger partial charge on any atom is 0.258 e. The van der Waals surface area contributed by atoms with Gasteiger partial charge < -0.3 is 0 Å². The lowest BCUT2D eigenvalue weighted by atomic mass is 10.2. The summed E-state index contributed by atoms with van der Waals surface area (Å²) in [6, 6.07) is 7.31. The maximum absolute atomic E-state index is 12.0. The van der Waals surface area contributed by atoms with Gasteiger partial charge >= 0.3 is 0 Å². The van der Waals surface area contributed by atoms with Crippen molar-refractivity contribution in [3.63, 3.8) is 0 Å². The third-order valence-electron chi connectivity index (χ3n) is 2.27. The summed E-state index contributed by atoms with van der Waals surface area (Å²) in [7, 11) is 0. The summed E-state index contributed by atoms with van der Waals surface area (Å²) in [5.74, 6) is -0.151. The minimum Gasteiger partial charge on any atom is -0.300 e. The van der Waals surface area contributed by atoms with Crippen LogP contribution in [0.2, 0.25) is 0 Å². The highest BCUT2D eigenvalue weighted by atomic mass is 79.9. The number of hydrogen-bond acceptors (Lipinski definition) is 4. The van der Waals surface area contributed by atoms with E-state index in [4.69, 9.17) is 0 Å². The standard InChI is InChI=1S/C11H12BrN3OS/c1-2-9-14-15-11(17-9)13-10(16)7-5-3-4-6-8(7)12/h3-6,9,14H,2H2,1H3,(H,13,15,16). The lowest BCUT2D eigenvalue weighted by Crippen LogP contribution is -2.27. The highest BCUT2D eigenvalue weighted by Gasteiger charge is 2.20. The van der Waals surface area contributed by atoms with E-state index in [1.54, 1.807) is 6.07 Å². The third kappa shape index (κ3) is 3.01. The Morgan fingerprint density at radius 3 is 3.00 bits per heavy atom. The number of amidine groups is 1. The molecule has 1 amide bonds. The molecule has 1 heterocycles. The quantitative estimate of drug-likeness (QED) is 0.882. The summed E-state index contributed by atoms with van der Waals surface area (Å²) in [5, 5.41) is 7.72. The number of nitrogens with one attached hydrogen (secondary N) is 2. The van der Waals surface area contributed by atoms with Gasteiger partial charge in [0.25, 0.3) is 5.91 Å². The Morgan fingerprint density at radius 2 is 2.35 bits per heavy atom. The van der Waals surface area contributed by atoms with E-state index in [9.17, 15) is 4.79 Å². The van der Waals surface area contributed by atoms with Crippen molar-refractivity contribution in [3.8, 4) is 0 Å². The molecule has 0 fully saturated rings. The third-order valence-corrected chi connectivity index (χ3v) is 4.11. The number of carbonyl (C=O) groups is 1. The minimum absolute atomic E-state index is 0.151. The van der Waals surface area contributed by atoms with Gasteiger partial charge in [0.2, 0.25) is 0 Å². The highest BCUT2D eigenvalue weighted by molar-refractivity contribution is 9.10. The summed E-state index contributed by atoms with van der Waals surface area (Å²) in [5.41, 5.74) is 3.56. The Kier molecular flexibility index (Phi) is 4.06. The molecule has 0 saturated carbocycles. The first-order chi connectivity index (χ1) is 8.20. The monoisotopic (exact) mass is 313 g/mol. The fraction of sp³-hybridized carbons (Fsp3) is 0.273. The lowest BCUT2D eigenvalue weighted by Gasteiger charge is -2.06. The van der Waals surface area contributed by atoms with Crippen LogP contribution in [-0.4, -0.2) is 16.4 Å². The van der Waals surface area contributed by atoms with Gasteiger partial charge in [-0.25, -0.2) is 0 Å². The molecule has 1 aromatic carbocycles. The minimum atomic E-state index is -0.151. The number of amides is 1. The Bertz CT molecular complexity index is 464. The van der Waals surface area contributed by atoms with E-state index in [-0.39, 0.29) is 11.3 Å². The van der Waals surface area contributed by atoms with Gasteiger partial charge in [-0.2, -0.15) is 5.10 Å². The van der Waals surface area contributed by atoms with Gasteiger partial charge in [-0.3, -0.25) is 15.5 Å². The molecule has 2 rings (SSSR count). The van der Waals surface area contributed by atoms with Crippen LogP contribution in [0.3, 0.4) is 0 Å². The van der Waals surface area contributed by atoms with Crippen molar-refractivity contribution in [1.82, 2.24) is 10.7 Å². The van der Waals surface area contributed by atoms with Crippen LogP contribution in [0.5, 0.6) is 0 Å². The number of carbonyl (C=O) groups excluding carboxylic acids is 1. The first kappa shape index (κ1) is 12.4. The molecule has 1 aromatic rings. The van der Waals surface area contributed by atoms with Gasteiger partial charge in [-0.15, -0.1) is 0 Å². The molecule has 1 atom stereocenters. The van der Waals surface area contributed by atoms with E-state index in [0.717, 1.165) is 10.9 Å². The average molecular weight is 314 g/mol. The number of nitrogens with zero attached hydrogens (tertiary/aromatic N) is 1.